The summed E-state index contributed by atoms with van der Waals surface area (Å²) >= 11 is 0. The molecule has 0 saturated carbocycles. The summed E-state index contributed by atoms with van der Waals surface area (Å²) in [5.41, 5.74) is 14.1. The lowest BCUT2D eigenvalue weighted by atomic mass is 10.1. The molecule has 36 heavy (non-hydrogen) atoms. The Labute approximate surface area is 202 Å². The first-order valence-corrected chi connectivity index (χ1v) is 12.3. The third kappa shape index (κ3) is 5.01. The van der Waals surface area contributed by atoms with Crippen LogP contribution in [0.2, 0.25) is 0 Å². The van der Waals surface area contributed by atoms with Crippen LogP contribution in [0, 0.1) is 6.92 Å². The van der Waals surface area contributed by atoms with Crippen LogP contribution in [0.1, 0.15) is 16.8 Å². The van der Waals surface area contributed by atoms with Crippen molar-refractivity contribution in [2.75, 3.05) is 11.2 Å². The first-order valence-electron chi connectivity index (χ1n) is 10.2. The zero-order valence-electron chi connectivity index (χ0n) is 18.9. The molecule has 5 N–H and O–H groups in total. The van der Waals surface area contributed by atoms with Crippen molar-refractivity contribution in [2.24, 2.45) is 21.5 Å². The first kappa shape index (κ1) is 25.1. The van der Waals surface area contributed by atoms with E-state index in [1.165, 1.54) is 24.3 Å². The number of rotatable bonds is 5. The van der Waals surface area contributed by atoms with Crippen molar-refractivity contribution in [3.8, 4) is 0 Å². The number of aliphatic imine (C=N–C) groups is 2. The maximum absolute atomic E-state index is 13.1. The highest BCUT2D eigenvalue weighted by Gasteiger charge is 2.50. The van der Waals surface area contributed by atoms with Gasteiger partial charge in [0, 0.05) is 17.2 Å². The number of hydrogen-bond acceptors (Lipinski definition) is 10. The number of hydrogen-bond donors (Lipinski definition) is 3. The molecule has 3 aromatic rings. The number of sulfone groups is 1. The van der Waals surface area contributed by atoms with E-state index >= 15 is 0 Å². The van der Waals surface area contributed by atoms with Crippen molar-refractivity contribution in [3.63, 3.8) is 0 Å². The smallest absolute Gasteiger partial charge is 0.397 e. The van der Waals surface area contributed by atoms with Gasteiger partial charge in [0.15, 0.2) is 15.7 Å². The maximum atomic E-state index is 13.1. The average molecular weight is 523 g/mol. The number of nitrogens with one attached hydrogen (secondary N) is 1. The fourth-order valence-electron chi connectivity index (χ4n) is 3.64. The van der Waals surface area contributed by atoms with Crippen LogP contribution >= 0.6 is 0 Å². The summed E-state index contributed by atoms with van der Waals surface area (Å²) in [6, 6.07) is 10.5. The Bertz CT molecular complexity index is 1530. The van der Waals surface area contributed by atoms with Gasteiger partial charge >= 0.3 is 18.1 Å². The van der Waals surface area contributed by atoms with Crippen molar-refractivity contribution < 1.29 is 31.1 Å². The normalized spacial score (nSPS) is 18.7. The maximum Gasteiger partial charge on any atom is 0.491 e. The minimum atomic E-state index is -5.39. The number of aromatic nitrogens is 2. The Hall–Kier alpha value is -3.98. The molecule has 190 valence electrons. The van der Waals surface area contributed by atoms with Gasteiger partial charge in [-0.1, -0.05) is 24.3 Å². The minimum Gasteiger partial charge on any atom is -0.397 e. The monoisotopic (exact) mass is 523 g/mol. The van der Waals surface area contributed by atoms with Crippen LogP contribution in [0.25, 0.3) is 10.9 Å². The molecule has 2 aromatic carbocycles. The van der Waals surface area contributed by atoms with Crippen molar-refractivity contribution in [2.45, 2.75) is 24.8 Å². The summed E-state index contributed by atoms with van der Waals surface area (Å²) in [5, 5.41) is 7.67. The molecule has 0 bridgehead atoms. The van der Waals surface area contributed by atoms with Crippen molar-refractivity contribution in [1.82, 2.24) is 10.2 Å². The van der Waals surface area contributed by atoms with E-state index in [1.807, 2.05) is 0 Å². The Morgan fingerprint density at radius 2 is 1.94 bits per heavy atom. The fraction of sp³-hybridized carbons (Fsp3) is 0.238. The number of aryl methyl sites for hydroxylation is 1. The Morgan fingerprint density at radius 1 is 1.22 bits per heavy atom. The summed E-state index contributed by atoms with van der Waals surface area (Å²) in [4.78, 5) is 20.7. The molecular weight excluding hydrogens is 503 g/mol. The predicted molar refractivity (Wildman–Crippen MR) is 126 cm³/mol. The molecular formula is C21H20F3N7O4S. The number of halogens is 3. The second-order valence-electron chi connectivity index (χ2n) is 8.10. The number of nitrogens with two attached hydrogens (primary N) is 2. The summed E-state index contributed by atoms with van der Waals surface area (Å²) in [7, 11) is -3.45. The van der Waals surface area contributed by atoms with Gasteiger partial charge in [0.05, 0.1) is 22.7 Å². The zero-order valence-corrected chi connectivity index (χ0v) is 19.7. The van der Waals surface area contributed by atoms with E-state index in [0.29, 0.717) is 11.1 Å². The molecule has 0 fully saturated rings. The molecule has 1 atom stereocenters. The largest absolute Gasteiger partial charge is 0.491 e. The quantitative estimate of drug-likeness (QED) is 0.335. The number of amidine groups is 1. The standard InChI is InChI=1S/C21H20F3N7O4S/c1-11-15-7-6-13(9-16(15)30-29-11)17-27-19(25)31(21(26,28-17)35-18(32)20(22,23)24)14-5-3-4-12(8-14)10-36(2,33)34/h3-9H,10,26H2,1-2H3,(H,29,30)(H2,25,27,28). The fourth-order valence-corrected chi connectivity index (χ4v) is 4.43. The van der Waals surface area contributed by atoms with E-state index in [0.717, 1.165) is 22.2 Å². The lowest BCUT2D eigenvalue weighted by Gasteiger charge is -2.39. The first-order chi connectivity index (χ1) is 16.7. The SMILES string of the molecule is Cc1n[nH]c2cc(C3=NC(N)(OC(=O)C(F)(F)F)N(c4cccc(CS(C)(=O)=O)c4)C(N)=N3)ccc12. The molecule has 11 nitrogen and oxygen atoms in total. The molecule has 0 amide bonds. The van der Waals surface area contributed by atoms with Gasteiger partial charge in [0.1, 0.15) is 0 Å². The summed E-state index contributed by atoms with van der Waals surface area (Å²) < 4.78 is 67.4. The third-order valence-corrected chi connectivity index (χ3v) is 5.98. The van der Waals surface area contributed by atoms with Crippen LogP contribution in [0.3, 0.4) is 0 Å². The number of aromatic amines is 1. The second-order valence-corrected chi connectivity index (χ2v) is 10.2. The number of anilines is 1. The average Bonchev–Trinajstić information content (AvgIpc) is 3.11. The van der Waals surface area contributed by atoms with Crippen LogP contribution in [-0.4, -0.2) is 54.8 Å². The second kappa shape index (κ2) is 8.60. The lowest BCUT2D eigenvalue weighted by molar-refractivity contribution is -0.212. The van der Waals surface area contributed by atoms with Gasteiger partial charge in [-0.3, -0.25) is 10.8 Å². The predicted octanol–water partition coefficient (Wildman–Crippen LogP) is 1.67. The number of carbonyl (C=O) groups is 1. The van der Waals surface area contributed by atoms with Crippen LogP contribution in [0.4, 0.5) is 18.9 Å². The number of ether oxygens (including phenoxy) is 1. The number of carbonyl (C=O) groups excluding carboxylic acids is 1. The van der Waals surface area contributed by atoms with Gasteiger partial charge in [0.2, 0.25) is 5.96 Å². The Morgan fingerprint density at radius 3 is 2.61 bits per heavy atom. The number of H-pyrrole nitrogens is 1. The number of fused-ring (bicyclic) bond motifs is 1. The van der Waals surface area contributed by atoms with Crippen LogP contribution in [0.5, 0.6) is 0 Å². The van der Waals surface area contributed by atoms with Gasteiger partial charge in [-0.25, -0.2) is 18.1 Å². The van der Waals surface area contributed by atoms with E-state index in [4.69, 9.17) is 11.5 Å². The Kier molecular flexibility index (Phi) is 6.00. The molecule has 0 aliphatic carbocycles. The van der Waals surface area contributed by atoms with Crippen LogP contribution in [-0.2, 0) is 25.1 Å². The number of nitrogens with zero attached hydrogens (tertiary/aromatic N) is 4. The zero-order chi connectivity index (χ0) is 26.5. The van der Waals surface area contributed by atoms with Gasteiger partial charge < -0.3 is 10.5 Å². The molecule has 1 aromatic heterocycles. The summed E-state index contributed by atoms with van der Waals surface area (Å²) in [6.07, 6.45) is -4.37. The van der Waals surface area contributed by atoms with Gasteiger partial charge in [-0.05, 0) is 30.7 Å². The van der Waals surface area contributed by atoms with Crippen LogP contribution < -0.4 is 16.4 Å². The van der Waals surface area contributed by atoms with Gasteiger partial charge in [-0.15, -0.1) is 0 Å². The summed E-state index contributed by atoms with van der Waals surface area (Å²) in [6.45, 7) is 1.78. The molecule has 0 saturated heterocycles. The highest BCUT2D eigenvalue weighted by Crippen LogP contribution is 2.31. The van der Waals surface area contributed by atoms with E-state index in [9.17, 15) is 26.4 Å². The number of guanidine groups is 1. The highest BCUT2D eigenvalue weighted by molar-refractivity contribution is 7.89. The molecule has 0 spiro atoms. The van der Waals surface area contributed by atoms with Crippen molar-refractivity contribution in [3.05, 3.63) is 59.3 Å². The van der Waals surface area contributed by atoms with Crippen LogP contribution in [0.15, 0.2) is 52.4 Å². The third-order valence-electron chi connectivity index (χ3n) is 5.12. The highest BCUT2D eigenvalue weighted by atomic mass is 32.2. The Balaban J connectivity index is 1.83. The molecule has 4 rings (SSSR count). The van der Waals surface area contributed by atoms with Gasteiger partial charge in [-0.2, -0.15) is 28.3 Å². The molecule has 1 aliphatic rings. The topological polar surface area (TPSA) is 169 Å². The number of esters is 1. The van der Waals surface area contributed by atoms with E-state index in [1.54, 1.807) is 25.1 Å². The van der Waals surface area contributed by atoms with Gasteiger partial charge in [0.25, 0.3) is 0 Å². The molecule has 15 heteroatoms. The van der Waals surface area contributed by atoms with E-state index < -0.39 is 33.9 Å². The lowest BCUT2D eigenvalue weighted by Crippen LogP contribution is -2.65. The molecule has 0 radical (unpaired) electrons. The van der Waals surface area contributed by atoms with E-state index in [2.05, 4.69) is 24.9 Å². The van der Waals surface area contributed by atoms with Crippen molar-refractivity contribution >= 4 is 44.2 Å². The van der Waals surface area contributed by atoms with Crippen molar-refractivity contribution in [1.29, 1.82) is 0 Å². The molecule has 1 unspecified atom stereocenters. The number of benzene rings is 2. The summed E-state index contributed by atoms with van der Waals surface area (Å²) in [5.74, 6) is -6.45. The van der Waals surface area contributed by atoms with E-state index in [-0.39, 0.29) is 22.8 Å². The molecule has 2 heterocycles. The number of alkyl halides is 3. The minimum absolute atomic E-state index is 0.00248. The molecule has 1 aliphatic heterocycles.